The molecule has 8 heteroatoms. The van der Waals surface area contributed by atoms with E-state index in [9.17, 15) is 0 Å². The summed E-state index contributed by atoms with van der Waals surface area (Å²) in [7, 11) is 0. The largest absolute Gasteiger partial charge is 0.444 e. The van der Waals surface area contributed by atoms with Crippen LogP contribution in [0.4, 0.5) is 0 Å². The molecule has 3 aromatic rings. The number of aryl methyl sites for hydroxylation is 1. The van der Waals surface area contributed by atoms with Crippen molar-refractivity contribution in [3.05, 3.63) is 59.8 Å². The lowest BCUT2D eigenvalue weighted by Gasteiger charge is -2.36. The van der Waals surface area contributed by atoms with E-state index in [0.29, 0.717) is 12.4 Å². The van der Waals surface area contributed by atoms with Crippen molar-refractivity contribution in [2.24, 2.45) is 4.99 Å². The SMILES string of the molecule is CCNC(=NCc1coc(-c2ccc(C)cc2)n1)N1CCN(Cc2ccon2)CC1. The zero-order chi connectivity index (χ0) is 20.8. The molecule has 158 valence electrons. The van der Waals surface area contributed by atoms with Gasteiger partial charge in [-0.3, -0.25) is 4.90 Å². The molecule has 0 unspecified atom stereocenters. The third-order valence-electron chi connectivity index (χ3n) is 5.12. The van der Waals surface area contributed by atoms with Gasteiger partial charge in [-0.05, 0) is 26.0 Å². The van der Waals surface area contributed by atoms with Crippen LogP contribution in [-0.2, 0) is 13.1 Å². The minimum atomic E-state index is 0.483. The van der Waals surface area contributed by atoms with Gasteiger partial charge in [-0.25, -0.2) is 9.98 Å². The summed E-state index contributed by atoms with van der Waals surface area (Å²) in [4.78, 5) is 14.1. The van der Waals surface area contributed by atoms with Crippen LogP contribution in [0.2, 0.25) is 0 Å². The summed E-state index contributed by atoms with van der Waals surface area (Å²) in [6.07, 6.45) is 3.31. The number of benzene rings is 1. The highest BCUT2D eigenvalue weighted by Gasteiger charge is 2.20. The molecule has 0 atom stereocenters. The monoisotopic (exact) mass is 408 g/mol. The molecule has 0 aliphatic carbocycles. The molecular formula is C22H28N6O2. The fourth-order valence-corrected chi connectivity index (χ4v) is 3.46. The number of guanidine groups is 1. The van der Waals surface area contributed by atoms with Crippen molar-refractivity contribution in [2.45, 2.75) is 26.9 Å². The van der Waals surface area contributed by atoms with Gasteiger partial charge in [0.25, 0.3) is 0 Å². The average molecular weight is 409 g/mol. The van der Waals surface area contributed by atoms with E-state index in [1.807, 2.05) is 18.2 Å². The van der Waals surface area contributed by atoms with Gasteiger partial charge in [0, 0.05) is 50.9 Å². The first kappa shape index (κ1) is 20.2. The molecule has 1 saturated heterocycles. The summed E-state index contributed by atoms with van der Waals surface area (Å²) in [5.74, 6) is 1.55. The van der Waals surface area contributed by atoms with E-state index in [1.54, 1.807) is 12.5 Å². The second-order valence-electron chi connectivity index (χ2n) is 7.43. The van der Waals surface area contributed by atoms with Crippen LogP contribution in [0, 0.1) is 6.92 Å². The molecule has 1 N–H and O–H groups in total. The Bertz CT molecular complexity index is 940. The molecule has 8 nitrogen and oxygen atoms in total. The van der Waals surface area contributed by atoms with Crippen LogP contribution in [0.3, 0.4) is 0 Å². The Morgan fingerprint density at radius 3 is 2.60 bits per heavy atom. The molecule has 2 aromatic heterocycles. The predicted molar refractivity (Wildman–Crippen MR) is 115 cm³/mol. The first-order valence-electron chi connectivity index (χ1n) is 10.4. The van der Waals surface area contributed by atoms with Crippen LogP contribution in [0.1, 0.15) is 23.9 Å². The highest BCUT2D eigenvalue weighted by atomic mass is 16.5. The summed E-state index contributed by atoms with van der Waals surface area (Å²) in [5, 5.41) is 7.40. The number of nitrogens with zero attached hydrogens (tertiary/aromatic N) is 5. The smallest absolute Gasteiger partial charge is 0.226 e. The number of rotatable bonds is 6. The normalized spacial score (nSPS) is 15.5. The van der Waals surface area contributed by atoms with E-state index in [2.05, 4.69) is 51.2 Å². The fourth-order valence-electron chi connectivity index (χ4n) is 3.46. The molecule has 0 amide bonds. The Morgan fingerprint density at radius 2 is 1.90 bits per heavy atom. The van der Waals surface area contributed by atoms with Gasteiger partial charge in [0.15, 0.2) is 5.96 Å². The van der Waals surface area contributed by atoms with E-state index < -0.39 is 0 Å². The van der Waals surface area contributed by atoms with Crippen molar-refractivity contribution in [3.8, 4) is 11.5 Å². The Labute approximate surface area is 176 Å². The number of nitrogens with one attached hydrogen (secondary N) is 1. The summed E-state index contributed by atoms with van der Waals surface area (Å²) in [5.41, 5.74) is 3.99. The third-order valence-corrected chi connectivity index (χ3v) is 5.12. The van der Waals surface area contributed by atoms with Crippen molar-refractivity contribution in [2.75, 3.05) is 32.7 Å². The zero-order valence-electron chi connectivity index (χ0n) is 17.5. The number of hydrogen-bond acceptors (Lipinski definition) is 6. The van der Waals surface area contributed by atoms with Crippen LogP contribution in [0.15, 0.2) is 56.8 Å². The van der Waals surface area contributed by atoms with E-state index in [4.69, 9.17) is 13.9 Å². The molecule has 1 aromatic carbocycles. The van der Waals surface area contributed by atoms with Gasteiger partial charge in [0.2, 0.25) is 5.89 Å². The number of piperazine rings is 1. The van der Waals surface area contributed by atoms with Crippen LogP contribution >= 0.6 is 0 Å². The van der Waals surface area contributed by atoms with Crippen molar-refractivity contribution < 1.29 is 8.94 Å². The highest BCUT2D eigenvalue weighted by molar-refractivity contribution is 5.80. The Hall–Kier alpha value is -3.13. The molecular weight excluding hydrogens is 380 g/mol. The summed E-state index contributed by atoms with van der Waals surface area (Å²) >= 11 is 0. The van der Waals surface area contributed by atoms with E-state index in [0.717, 1.165) is 62.2 Å². The number of oxazole rings is 1. The van der Waals surface area contributed by atoms with E-state index in [1.165, 1.54) is 5.56 Å². The van der Waals surface area contributed by atoms with Crippen molar-refractivity contribution >= 4 is 5.96 Å². The van der Waals surface area contributed by atoms with Gasteiger partial charge in [0.1, 0.15) is 18.2 Å². The minimum absolute atomic E-state index is 0.483. The lowest BCUT2D eigenvalue weighted by molar-refractivity contribution is 0.169. The fraction of sp³-hybridized carbons (Fsp3) is 0.409. The van der Waals surface area contributed by atoms with E-state index in [-0.39, 0.29) is 0 Å². The van der Waals surface area contributed by atoms with Crippen molar-refractivity contribution in [1.82, 2.24) is 25.3 Å². The molecule has 0 bridgehead atoms. The molecule has 1 aliphatic heterocycles. The first-order chi connectivity index (χ1) is 14.7. The quantitative estimate of drug-likeness (QED) is 0.496. The van der Waals surface area contributed by atoms with Gasteiger partial charge in [-0.15, -0.1) is 0 Å². The molecule has 3 heterocycles. The zero-order valence-corrected chi connectivity index (χ0v) is 17.5. The number of aromatic nitrogens is 2. The number of hydrogen-bond donors (Lipinski definition) is 1. The van der Waals surface area contributed by atoms with Gasteiger partial charge in [0.05, 0.1) is 12.2 Å². The molecule has 4 rings (SSSR count). The Kier molecular flexibility index (Phi) is 6.44. The summed E-state index contributed by atoms with van der Waals surface area (Å²) in [6.45, 7) is 10.0. The molecule has 0 saturated carbocycles. The molecule has 1 fully saturated rings. The maximum absolute atomic E-state index is 5.66. The minimum Gasteiger partial charge on any atom is -0.444 e. The van der Waals surface area contributed by atoms with Crippen LogP contribution in [-0.4, -0.2) is 58.6 Å². The van der Waals surface area contributed by atoms with Crippen LogP contribution in [0.5, 0.6) is 0 Å². The first-order valence-corrected chi connectivity index (χ1v) is 10.4. The predicted octanol–water partition coefficient (Wildman–Crippen LogP) is 2.92. The third kappa shape index (κ3) is 5.07. The number of aliphatic imine (C=N–C) groups is 1. The topological polar surface area (TPSA) is 82.9 Å². The maximum atomic E-state index is 5.66. The molecule has 30 heavy (non-hydrogen) atoms. The maximum Gasteiger partial charge on any atom is 0.226 e. The van der Waals surface area contributed by atoms with Crippen molar-refractivity contribution in [3.63, 3.8) is 0 Å². The van der Waals surface area contributed by atoms with Gasteiger partial charge < -0.3 is 19.2 Å². The second-order valence-corrected chi connectivity index (χ2v) is 7.43. The lowest BCUT2D eigenvalue weighted by atomic mass is 10.1. The summed E-state index contributed by atoms with van der Waals surface area (Å²) in [6, 6.07) is 10.1. The second kappa shape index (κ2) is 9.58. The van der Waals surface area contributed by atoms with Gasteiger partial charge >= 0.3 is 0 Å². The van der Waals surface area contributed by atoms with E-state index >= 15 is 0 Å². The average Bonchev–Trinajstić information content (AvgIpc) is 3.45. The van der Waals surface area contributed by atoms with Crippen LogP contribution < -0.4 is 5.32 Å². The molecule has 1 aliphatic rings. The highest BCUT2D eigenvalue weighted by Crippen LogP contribution is 2.19. The summed E-state index contributed by atoms with van der Waals surface area (Å²) < 4.78 is 10.6. The van der Waals surface area contributed by atoms with Crippen LogP contribution in [0.25, 0.3) is 11.5 Å². The Morgan fingerprint density at radius 1 is 1.10 bits per heavy atom. The van der Waals surface area contributed by atoms with Crippen molar-refractivity contribution in [1.29, 1.82) is 0 Å². The Balaban J connectivity index is 1.35. The van der Waals surface area contributed by atoms with Gasteiger partial charge in [-0.1, -0.05) is 22.9 Å². The standard InChI is InChI=1S/C22H28N6O2/c1-3-23-22(28-11-9-27(10-12-28)15-19-8-13-30-26-19)24-14-20-16-29-21(25-20)18-6-4-17(2)5-7-18/h4-8,13,16H,3,9-12,14-15H2,1-2H3,(H,23,24). The molecule has 0 radical (unpaired) electrons. The van der Waals surface area contributed by atoms with Gasteiger partial charge in [-0.2, -0.15) is 0 Å². The lowest BCUT2D eigenvalue weighted by Crippen LogP contribution is -2.52. The molecule has 0 spiro atoms.